The molecule has 0 aliphatic rings. The van der Waals surface area contributed by atoms with Gasteiger partial charge in [0.15, 0.2) is 0 Å². The van der Waals surface area contributed by atoms with Crippen LogP contribution in [0.3, 0.4) is 0 Å². The molecule has 1 aromatic rings. The predicted octanol–water partition coefficient (Wildman–Crippen LogP) is 3.26. The molecule has 0 radical (unpaired) electrons. The van der Waals surface area contributed by atoms with Gasteiger partial charge in [-0.2, -0.15) is 0 Å². The number of methoxy groups -OCH3 is 1. The number of ether oxygens (including phenoxy) is 1. The summed E-state index contributed by atoms with van der Waals surface area (Å²) in [4.78, 5) is 0. The summed E-state index contributed by atoms with van der Waals surface area (Å²) < 4.78 is 5.29. The lowest BCUT2D eigenvalue weighted by atomic mass is 10.2. The predicted molar refractivity (Wildman–Crippen MR) is 55.6 cm³/mol. The fraction of sp³-hybridized carbons (Fsp3) is 0.125. The highest BCUT2D eigenvalue weighted by Crippen LogP contribution is 2.24. The number of rotatable bonds is 2. The molecule has 0 fully saturated rings. The van der Waals surface area contributed by atoms with Crippen molar-refractivity contribution in [2.45, 2.75) is 0 Å². The molecular weight excluding hydrogens is 215 g/mol. The smallest absolute Gasteiger partial charge is 0.128 e. The fourth-order valence-electron chi connectivity index (χ4n) is 0.834. The van der Waals surface area contributed by atoms with Crippen LogP contribution in [0.15, 0.2) is 18.2 Å². The fourth-order valence-corrected chi connectivity index (χ4v) is 1.31. The van der Waals surface area contributed by atoms with Crippen LogP contribution in [0.4, 0.5) is 0 Å². The van der Waals surface area contributed by atoms with Gasteiger partial charge in [-0.05, 0) is 18.2 Å². The third kappa shape index (κ3) is 2.09. The molecule has 4 heteroatoms. The molecule has 64 valence electrons. The van der Waals surface area contributed by atoms with Gasteiger partial charge >= 0.3 is 0 Å². The molecule has 0 aliphatic heterocycles. The van der Waals surface area contributed by atoms with Crippen LogP contribution < -0.4 is 4.74 Å². The van der Waals surface area contributed by atoms with E-state index in [1.807, 2.05) is 0 Å². The Hall–Kier alpha value is -0.310. The van der Waals surface area contributed by atoms with Gasteiger partial charge in [-0.1, -0.05) is 35.4 Å². The Balaban J connectivity index is 3.21. The minimum Gasteiger partial charge on any atom is -0.496 e. The van der Waals surface area contributed by atoms with Gasteiger partial charge < -0.3 is 4.74 Å². The van der Waals surface area contributed by atoms with Crippen LogP contribution in [0.2, 0.25) is 5.02 Å². The minimum absolute atomic E-state index is 0.259. The lowest BCUT2D eigenvalue weighted by Crippen LogP contribution is -1.93. The van der Waals surface area contributed by atoms with Crippen molar-refractivity contribution in [3.05, 3.63) is 28.8 Å². The van der Waals surface area contributed by atoms with Crippen LogP contribution in [-0.4, -0.2) is 11.4 Å². The van der Waals surface area contributed by atoms with Crippen molar-refractivity contribution >= 4 is 39.7 Å². The number of thiocarbonyl (C=S) groups is 1. The van der Waals surface area contributed by atoms with E-state index in [0.29, 0.717) is 16.3 Å². The molecule has 0 amide bonds. The van der Waals surface area contributed by atoms with Crippen molar-refractivity contribution in [1.82, 2.24) is 0 Å². The number of halogens is 2. The van der Waals surface area contributed by atoms with Crippen molar-refractivity contribution < 1.29 is 4.74 Å². The molecule has 12 heavy (non-hydrogen) atoms. The Labute approximate surface area is 86.2 Å². The first-order chi connectivity index (χ1) is 5.65. The minimum atomic E-state index is 0.259. The third-order valence-electron chi connectivity index (χ3n) is 1.37. The van der Waals surface area contributed by atoms with E-state index < -0.39 is 0 Å². The quantitative estimate of drug-likeness (QED) is 0.559. The normalized spacial score (nSPS) is 9.58. The number of hydrogen-bond acceptors (Lipinski definition) is 2. The molecule has 0 aliphatic carbocycles. The molecule has 0 unspecified atom stereocenters. The highest BCUT2D eigenvalue weighted by atomic mass is 35.5. The zero-order valence-electron chi connectivity index (χ0n) is 6.30. The van der Waals surface area contributed by atoms with E-state index in [-0.39, 0.29) is 4.32 Å². The Bertz CT molecular complexity index is 312. The summed E-state index contributed by atoms with van der Waals surface area (Å²) in [6.07, 6.45) is 0. The maximum Gasteiger partial charge on any atom is 0.128 e. The van der Waals surface area contributed by atoms with Crippen LogP contribution in [-0.2, 0) is 0 Å². The third-order valence-corrected chi connectivity index (χ3v) is 2.03. The van der Waals surface area contributed by atoms with Gasteiger partial charge in [-0.25, -0.2) is 0 Å². The van der Waals surface area contributed by atoms with Crippen LogP contribution >= 0.6 is 35.4 Å². The zero-order valence-corrected chi connectivity index (χ0v) is 8.63. The van der Waals surface area contributed by atoms with E-state index in [9.17, 15) is 0 Å². The summed E-state index contributed by atoms with van der Waals surface area (Å²) in [5, 5.41) is 0.591. The molecule has 0 heterocycles. The molecule has 0 spiro atoms. The van der Waals surface area contributed by atoms with Crippen molar-refractivity contribution in [1.29, 1.82) is 0 Å². The van der Waals surface area contributed by atoms with Gasteiger partial charge in [0, 0.05) is 10.6 Å². The average Bonchev–Trinajstić information content (AvgIpc) is 2.04. The molecule has 0 aromatic heterocycles. The van der Waals surface area contributed by atoms with Crippen LogP contribution in [0, 0.1) is 0 Å². The van der Waals surface area contributed by atoms with E-state index in [1.165, 1.54) is 0 Å². The Morgan fingerprint density at radius 2 is 2.17 bits per heavy atom. The Kier molecular flexibility index (Phi) is 3.32. The first-order valence-corrected chi connectivity index (χ1v) is 4.35. The van der Waals surface area contributed by atoms with E-state index in [4.69, 9.17) is 40.2 Å². The molecule has 0 bridgehead atoms. The van der Waals surface area contributed by atoms with Crippen LogP contribution in [0.5, 0.6) is 5.75 Å². The maximum atomic E-state index is 5.74. The number of benzene rings is 1. The van der Waals surface area contributed by atoms with E-state index in [1.54, 1.807) is 25.3 Å². The van der Waals surface area contributed by atoms with E-state index >= 15 is 0 Å². The van der Waals surface area contributed by atoms with Gasteiger partial charge in [0.25, 0.3) is 0 Å². The van der Waals surface area contributed by atoms with E-state index in [2.05, 4.69) is 0 Å². The summed E-state index contributed by atoms with van der Waals surface area (Å²) in [6.45, 7) is 0. The van der Waals surface area contributed by atoms with Crippen LogP contribution in [0.25, 0.3) is 0 Å². The van der Waals surface area contributed by atoms with Gasteiger partial charge in [-0.15, -0.1) is 0 Å². The topological polar surface area (TPSA) is 9.23 Å². The lowest BCUT2D eigenvalue weighted by molar-refractivity contribution is 0.414. The van der Waals surface area contributed by atoms with Crippen molar-refractivity contribution in [2.75, 3.05) is 7.11 Å². The molecule has 1 aromatic carbocycles. The van der Waals surface area contributed by atoms with Gasteiger partial charge in [0.05, 0.1) is 7.11 Å². The summed E-state index contributed by atoms with van der Waals surface area (Å²) in [5.41, 5.74) is 0.654. The highest BCUT2D eigenvalue weighted by molar-refractivity contribution is 7.83. The molecule has 1 nitrogen and oxygen atoms in total. The molecule has 0 N–H and O–H groups in total. The Morgan fingerprint density at radius 1 is 1.50 bits per heavy atom. The van der Waals surface area contributed by atoms with Gasteiger partial charge in [-0.3, -0.25) is 0 Å². The lowest BCUT2D eigenvalue weighted by Gasteiger charge is -2.05. The van der Waals surface area contributed by atoms with Gasteiger partial charge in [0.1, 0.15) is 10.1 Å². The van der Waals surface area contributed by atoms with Crippen molar-refractivity contribution in [3.8, 4) is 5.75 Å². The molecule has 0 atom stereocenters. The Morgan fingerprint density at radius 3 is 2.67 bits per heavy atom. The number of hydrogen-bond donors (Lipinski definition) is 0. The summed E-state index contributed by atoms with van der Waals surface area (Å²) >= 11 is 16.2. The first kappa shape index (κ1) is 9.78. The SMILES string of the molecule is COc1ccc(Cl)cc1C(=S)Cl. The zero-order chi connectivity index (χ0) is 9.14. The molecular formula is C8H6Cl2OS. The van der Waals surface area contributed by atoms with E-state index in [0.717, 1.165) is 0 Å². The van der Waals surface area contributed by atoms with Gasteiger partial charge in [0.2, 0.25) is 0 Å². The molecule has 0 saturated carbocycles. The second-order valence-corrected chi connectivity index (χ2v) is 3.57. The van der Waals surface area contributed by atoms with Crippen molar-refractivity contribution in [3.63, 3.8) is 0 Å². The monoisotopic (exact) mass is 220 g/mol. The molecule has 1 rings (SSSR count). The first-order valence-electron chi connectivity index (χ1n) is 3.18. The second kappa shape index (κ2) is 4.08. The standard InChI is InChI=1S/C8H6Cl2OS/c1-11-7-3-2-5(9)4-6(7)8(10)12/h2-4H,1H3. The summed E-state index contributed by atoms with van der Waals surface area (Å²) in [6, 6.07) is 5.13. The second-order valence-electron chi connectivity index (χ2n) is 2.12. The average molecular weight is 221 g/mol. The van der Waals surface area contributed by atoms with Crippen LogP contribution in [0.1, 0.15) is 5.56 Å². The molecule has 0 saturated heterocycles. The summed E-state index contributed by atoms with van der Waals surface area (Å²) in [7, 11) is 1.56. The largest absolute Gasteiger partial charge is 0.496 e. The summed E-state index contributed by atoms with van der Waals surface area (Å²) in [5.74, 6) is 0.638. The van der Waals surface area contributed by atoms with Crippen molar-refractivity contribution in [2.24, 2.45) is 0 Å². The highest BCUT2D eigenvalue weighted by Gasteiger charge is 2.06. The maximum absolute atomic E-state index is 5.74.